The minimum absolute atomic E-state index is 0.0507. The largest absolute Gasteiger partial charge is 0.508 e. The molecule has 0 saturated heterocycles. The highest BCUT2D eigenvalue weighted by Gasteiger charge is 2.14. The van der Waals surface area contributed by atoms with Crippen LogP contribution < -0.4 is 0 Å². The fourth-order valence-electron chi connectivity index (χ4n) is 1.10. The Balaban J connectivity index is 2.91. The molecule has 0 heterocycles. The summed E-state index contributed by atoms with van der Waals surface area (Å²) in [6, 6.07) is 4.72. The Hall–Kier alpha value is -1.84. The monoisotopic (exact) mass is 194 g/mol. The number of Topliss-reactive ketones (excluding diaryl/α,β-unsaturated/α-hetero) is 1. The second-order valence-corrected chi connectivity index (χ2v) is 3.04. The maximum atomic E-state index is 10.9. The maximum Gasteiger partial charge on any atom is 0.372 e. The number of hydrogen-bond acceptors (Lipinski definition) is 3. The minimum Gasteiger partial charge on any atom is -0.508 e. The molecule has 0 fully saturated rings. The van der Waals surface area contributed by atoms with Crippen molar-refractivity contribution in [3.63, 3.8) is 0 Å². The first-order valence-corrected chi connectivity index (χ1v) is 4.05. The number of carboxylic acid groups (broad SMARTS) is 1. The van der Waals surface area contributed by atoms with Crippen LogP contribution in [-0.4, -0.2) is 22.0 Å². The standard InChI is InChI=1S/C10H10O4/c1-6-2-3-8(11)7(4-6)5-9(12)10(13)14/h2-4,11H,5H2,1H3,(H,13,14). The van der Waals surface area contributed by atoms with E-state index in [2.05, 4.69) is 0 Å². The quantitative estimate of drug-likeness (QED) is 0.701. The van der Waals surface area contributed by atoms with Gasteiger partial charge in [-0.1, -0.05) is 17.7 Å². The van der Waals surface area contributed by atoms with Crippen molar-refractivity contribution in [2.24, 2.45) is 0 Å². The summed E-state index contributed by atoms with van der Waals surface area (Å²) in [4.78, 5) is 21.1. The third-order valence-corrected chi connectivity index (χ3v) is 1.82. The SMILES string of the molecule is Cc1ccc(O)c(CC(=O)C(=O)O)c1. The van der Waals surface area contributed by atoms with Crippen LogP contribution >= 0.6 is 0 Å². The molecule has 1 aromatic rings. The summed E-state index contributed by atoms with van der Waals surface area (Å²) in [5.74, 6) is -2.46. The zero-order valence-corrected chi connectivity index (χ0v) is 7.65. The van der Waals surface area contributed by atoms with Crippen molar-refractivity contribution in [1.29, 1.82) is 0 Å². The molecule has 4 nitrogen and oxygen atoms in total. The average Bonchev–Trinajstić information content (AvgIpc) is 2.11. The van der Waals surface area contributed by atoms with E-state index in [1.54, 1.807) is 19.1 Å². The first-order chi connectivity index (χ1) is 6.50. The van der Waals surface area contributed by atoms with E-state index in [9.17, 15) is 14.7 Å². The van der Waals surface area contributed by atoms with E-state index in [-0.39, 0.29) is 12.2 Å². The molecule has 0 aliphatic carbocycles. The molecule has 14 heavy (non-hydrogen) atoms. The fraction of sp³-hybridized carbons (Fsp3) is 0.200. The lowest BCUT2D eigenvalue weighted by molar-refractivity contribution is -0.148. The van der Waals surface area contributed by atoms with Crippen molar-refractivity contribution < 1.29 is 19.8 Å². The van der Waals surface area contributed by atoms with E-state index < -0.39 is 11.8 Å². The first-order valence-electron chi connectivity index (χ1n) is 4.05. The number of carbonyl (C=O) groups is 2. The number of carbonyl (C=O) groups excluding carboxylic acids is 1. The molecule has 0 bridgehead atoms. The third-order valence-electron chi connectivity index (χ3n) is 1.82. The van der Waals surface area contributed by atoms with Gasteiger partial charge in [-0.15, -0.1) is 0 Å². The van der Waals surface area contributed by atoms with Crippen LogP contribution in [0.3, 0.4) is 0 Å². The average molecular weight is 194 g/mol. The molecule has 0 atom stereocenters. The van der Waals surface area contributed by atoms with Crippen molar-refractivity contribution in [1.82, 2.24) is 0 Å². The molecular weight excluding hydrogens is 184 g/mol. The number of carboxylic acids is 1. The Morgan fingerprint density at radius 3 is 2.57 bits per heavy atom. The molecule has 0 radical (unpaired) electrons. The van der Waals surface area contributed by atoms with Crippen LogP contribution in [0.15, 0.2) is 18.2 Å². The molecule has 1 rings (SSSR count). The smallest absolute Gasteiger partial charge is 0.372 e. The van der Waals surface area contributed by atoms with Gasteiger partial charge in [0.1, 0.15) is 5.75 Å². The Bertz CT molecular complexity index is 382. The van der Waals surface area contributed by atoms with Crippen molar-refractivity contribution >= 4 is 11.8 Å². The zero-order valence-electron chi connectivity index (χ0n) is 7.65. The topological polar surface area (TPSA) is 74.6 Å². The number of ketones is 1. The molecule has 0 aromatic heterocycles. The predicted octanol–water partition coefficient (Wildman–Crippen LogP) is 0.897. The van der Waals surface area contributed by atoms with Gasteiger partial charge >= 0.3 is 5.97 Å². The van der Waals surface area contributed by atoms with Gasteiger partial charge in [0.15, 0.2) is 0 Å². The Morgan fingerprint density at radius 2 is 2.00 bits per heavy atom. The summed E-state index contributed by atoms with van der Waals surface area (Å²) in [6.07, 6.45) is -0.275. The van der Waals surface area contributed by atoms with Gasteiger partial charge in [0.2, 0.25) is 5.78 Å². The molecule has 4 heteroatoms. The number of aliphatic carboxylic acids is 1. The van der Waals surface area contributed by atoms with Crippen molar-refractivity contribution in [3.05, 3.63) is 29.3 Å². The van der Waals surface area contributed by atoms with Gasteiger partial charge in [0.05, 0.1) is 0 Å². The van der Waals surface area contributed by atoms with Gasteiger partial charge in [-0.2, -0.15) is 0 Å². The molecule has 0 aliphatic heterocycles. The van der Waals surface area contributed by atoms with Crippen molar-refractivity contribution in [2.45, 2.75) is 13.3 Å². The Kier molecular flexibility index (Phi) is 2.86. The van der Waals surface area contributed by atoms with E-state index >= 15 is 0 Å². The Morgan fingerprint density at radius 1 is 1.36 bits per heavy atom. The van der Waals surface area contributed by atoms with Gasteiger partial charge in [0, 0.05) is 12.0 Å². The molecule has 0 spiro atoms. The second kappa shape index (κ2) is 3.91. The number of rotatable bonds is 3. The van der Waals surface area contributed by atoms with Crippen LogP contribution in [0.5, 0.6) is 5.75 Å². The summed E-state index contributed by atoms with van der Waals surface area (Å²) in [5, 5.41) is 17.7. The molecule has 0 saturated carbocycles. The molecular formula is C10H10O4. The van der Waals surface area contributed by atoms with Gasteiger partial charge < -0.3 is 10.2 Å². The van der Waals surface area contributed by atoms with Crippen LogP contribution in [-0.2, 0) is 16.0 Å². The summed E-state index contributed by atoms with van der Waals surface area (Å²) in [6.45, 7) is 1.80. The van der Waals surface area contributed by atoms with Gasteiger partial charge in [-0.05, 0) is 13.0 Å². The van der Waals surface area contributed by atoms with E-state index in [1.165, 1.54) is 6.07 Å². The normalized spacial score (nSPS) is 9.79. The fourth-order valence-corrected chi connectivity index (χ4v) is 1.10. The highest BCUT2D eigenvalue weighted by molar-refractivity contribution is 6.33. The number of hydrogen-bond donors (Lipinski definition) is 2. The molecule has 2 N–H and O–H groups in total. The lowest BCUT2D eigenvalue weighted by Crippen LogP contribution is -2.15. The van der Waals surface area contributed by atoms with Crippen molar-refractivity contribution in [2.75, 3.05) is 0 Å². The number of phenols is 1. The molecule has 0 unspecified atom stereocenters. The van der Waals surface area contributed by atoms with Crippen LogP contribution in [0.4, 0.5) is 0 Å². The lowest BCUT2D eigenvalue weighted by atomic mass is 10.1. The van der Waals surface area contributed by atoms with Crippen LogP contribution in [0.2, 0.25) is 0 Å². The molecule has 1 aromatic carbocycles. The van der Waals surface area contributed by atoms with E-state index in [4.69, 9.17) is 5.11 Å². The third kappa shape index (κ3) is 2.32. The summed E-state index contributed by atoms with van der Waals surface area (Å²) in [5.41, 5.74) is 1.22. The predicted molar refractivity (Wildman–Crippen MR) is 49.2 cm³/mol. The summed E-state index contributed by atoms with van der Waals surface area (Å²) in [7, 11) is 0. The molecule has 74 valence electrons. The number of benzene rings is 1. The van der Waals surface area contributed by atoms with Crippen molar-refractivity contribution in [3.8, 4) is 5.75 Å². The van der Waals surface area contributed by atoms with Crippen LogP contribution in [0.1, 0.15) is 11.1 Å². The first kappa shape index (κ1) is 10.2. The van der Waals surface area contributed by atoms with Gasteiger partial charge in [-0.25, -0.2) is 4.79 Å². The second-order valence-electron chi connectivity index (χ2n) is 3.04. The van der Waals surface area contributed by atoms with E-state index in [1.807, 2.05) is 0 Å². The highest BCUT2D eigenvalue weighted by Crippen LogP contribution is 2.18. The van der Waals surface area contributed by atoms with Gasteiger partial charge in [0.25, 0.3) is 0 Å². The lowest BCUT2D eigenvalue weighted by Gasteiger charge is -2.02. The van der Waals surface area contributed by atoms with Crippen LogP contribution in [0.25, 0.3) is 0 Å². The summed E-state index contributed by atoms with van der Waals surface area (Å²) < 4.78 is 0. The van der Waals surface area contributed by atoms with Gasteiger partial charge in [-0.3, -0.25) is 4.79 Å². The molecule has 0 aliphatic rings. The zero-order chi connectivity index (χ0) is 10.7. The Labute approximate surface area is 80.8 Å². The maximum absolute atomic E-state index is 10.9. The van der Waals surface area contributed by atoms with Crippen LogP contribution in [0, 0.1) is 6.92 Å². The minimum atomic E-state index is -1.48. The molecule has 0 amide bonds. The van der Waals surface area contributed by atoms with E-state index in [0.717, 1.165) is 5.56 Å². The number of aryl methyl sites for hydroxylation is 1. The number of phenolic OH excluding ortho intramolecular Hbond substituents is 1. The van der Waals surface area contributed by atoms with E-state index in [0.29, 0.717) is 5.56 Å². The highest BCUT2D eigenvalue weighted by atomic mass is 16.4. The summed E-state index contributed by atoms with van der Waals surface area (Å²) >= 11 is 0. The number of aromatic hydroxyl groups is 1.